The number of halogens is 1. The van der Waals surface area contributed by atoms with Crippen molar-refractivity contribution in [1.82, 2.24) is 25.1 Å². The van der Waals surface area contributed by atoms with E-state index >= 15 is 0 Å². The van der Waals surface area contributed by atoms with E-state index < -0.39 is 0 Å². The summed E-state index contributed by atoms with van der Waals surface area (Å²) in [6, 6.07) is 5.24. The minimum absolute atomic E-state index is 0. The minimum Gasteiger partial charge on any atom is -0.319 e. The van der Waals surface area contributed by atoms with Crippen molar-refractivity contribution < 1.29 is 0 Å². The van der Waals surface area contributed by atoms with Crippen LogP contribution in [0.2, 0.25) is 0 Å². The van der Waals surface area contributed by atoms with Crippen LogP contribution >= 0.6 is 12.4 Å². The zero-order valence-corrected chi connectivity index (χ0v) is 10.7. The molecule has 3 heterocycles. The lowest BCUT2D eigenvalue weighted by atomic mass is 10.2. The Labute approximate surface area is 110 Å². The van der Waals surface area contributed by atoms with Crippen molar-refractivity contribution in [1.29, 1.82) is 0 Å². The highest BCUT2D eigenvalue weighted by Crippen LogP contribution is 2.21. The van der Waals surface area contributed by atoms with E-state index in [-0.39, 0.29) is 24.0 Å². The molecule has 0 spiro atoms. The van der Waals surface area contributed by atoms with Crippen molar-refractivity contribution >= 4 is 12.4 Å². The molecule has 1 atom stereocenters. The number of hydrogen-bond acceptors (Lipinski definition) is 4. The van der Waals surface area contributed by atoms with Gasteiger partial charge in [-0.2, -0.15) is 0 Å². The number of fused-ring (bicyclic) bond motifs is 1. The molecule has 1 aliphatic rings. The zero-order chi connectivity index (χ0) is 11.8. The fourth-order valence-electron chi connectivity index (χ4n) is 2.12. The number of aromatic nitrogens is 4. The predicted molar refractivity (Wildman–Crippen MR) is 69.7 cm³/mol. The normalized spacial score (nSPS) is 17.9. The van der Waals surface area contributed by atoms with Crippen molar-refractivity contribution in [2.24, 2.45) is 0 Å². The summed E-state index contributed by atoms with van der Waals surface area (Å²) in [5.74, 6) is 1.64. The van der Waals surface area contributed by atoms with E-state index in [4.69, 9.17) is 0 Å². The highest BCUT2D eigenvalue weighted by molar-refractivity contribution is 5.85. The van der Waals surface area contributed by atoms with Gasteiger partial charge in [0, 0.05) is 19.2 Å². The molecule has 6 nitrogen and oxygen atoms in total. The van der Waals surface area contributed by atoms with Crippen LogP contribution in [0.15, 0.2) is 23.0 Å². The van der Waals surface area contributed by atoms with Crippen LogP contribution in [-0.2, 0) is 6.54 Å². The number of aromatic amines is 1. The summed E-state index contributed by atoms with van der Waals surface area (Å²) in [5, 5.41) is 11.7. The van der Waals surface area contributed by atoms with Crippen LogP contribution < -0.4 is 10.9 Å². The Kier molecular flexibility index (Phi) is 3.49. The molecule has 18 heavy (non-hydrogen) atoms. The Balaban J connectivity index is 0.00000120. The van der Waals surface area contributed by atoms with Crippen LogP contribution in [-0.4, -0.2) is 26.3 Å². The Morgan fingerprint density at radius 3 is 3.00 bits per heavy atom. The summed E-state index contributed by atoms with van der Waals surface area (Å²) >= 11 is 0. The lowest BCUT2D eigenvalue weighted by molar-refractivity contribution is 0.438. The van der Waals surface area contributed by atoms with Gasteiger partial charge in [-0.3, -0.25) is 4.79 Å². The summed E-state index contributed by atoms with van der Waals surface area (Å²) in [6.07, 6.45) is 0. The second-order valence-corrected chi connectivity index (χ2v) is 4.14. The third-order valence-corrected chi connectivity index (χ3v) is 2.96. The largest absolute Gasteiger partial charge is 0.319 e. The Hall–Kier alpha value is -1.66. The van der Waals surface area contributed by atoms with E-state index in [0.717, 1.165) is 24.7 Å². The van der Waals surface area contributed by atoms with Gasteiger partial charge in [0.05, 0.1) is 11.7 Å². The molecule has 0 aromatic carbocycles. The molecular weight excluding hydrogens is 254 g/mol. The molecular formula is C11H14ClN5O. The van der Waals surface area contributed by atoms with Gasteiger partial charge in [0.25, 0.3) is 0 Å². The Morgan fingerprint density at radius 1 is 1.39 bits per heavy atom. The lowest BCUT2D eigenvalue weighted by Gasteiger charge is -2.21. The Morgan fingerprint density at radius 2 is 2.22 bits per heavy atom. The average Bonchev–Trinajstić information content (AvgIpc) is 2.74. The number of nitrogens with zero attached hydrogens (tertiary/aromatic N) is 3. The third kappa shape index (κ3) is 2.04. The zero-order valence-electron chi connectivity index (χ0n) is 9.88. The molecule has 7 heteroatoms. The monoisotopic (exact) mass is 267 g/mol. The molecule has 96 valence electrons. The van der Waals surface area contributed by atoms with E-state index in [2.05, 4.69) is 27.4 Å². The van der Waals surface area contributed by atoms with Crippen molar-refractivity contribution in [3.8, 4) is 11.5 Å². The predicted octanol–water partition coefficient (Wildman–Crippen LogP) is 0.719. The molecule has 3 rings (SSSR count). The molecule has 1 aliphatic heterocycles. The number of nitrogens with one attached hydrogen (secondary N) is 2. The van der Waals surface area contributed by atoms with Gasteiger partial charge < -0.3 is 14.9 Å². The number of H-pyrrole nitrogens is 1. The average molecular weight is 268 g/mol. The quantitative estimate of drug-likeness (QED) is 0.798. The summed E-state index contributed by atoms with van der Waals surface area (Å²) in [6.45, 7) is 3.76. The molecule has 1 unspecified atom stereocenters. The molecule has 0 amide bonds. The summed E-state index contributed by atoms with van der Waals surface area (Å²) in [5.41, 5.74) is 0.590. The highest BCUT2D eigenvalue weighted by Gasteiger charge is 2.22. The van der Waals surface area contributed by atoms with Crippen molar-refractivity contribution in [3.05, 3.63) is 34.4 Å². The van der Waals surface area contributed by atoms with Gasteiger partial charge >= 0.3 is 0 Å². The number of pyridine rings is 1. The second kappa shape index (κ2) is 4.91. The van der Waals surface area contributed by atoms with Crippen molar-refractivity contribution in [2.45, 2.75) is 19.5 Å². The van der Waals surface area contributed by atoms with E-state index in [1.807, 2.05) is 10.6 Å². The molecule has 0 fully saturated rings. The first-order valence-electron chi connectivity index (χ1n) is 5.62. The van der Waals surface area contributed by atoms with Gasteiger partial charge in [0.15, 0.2) is 5.82 Å². The molecule has 0 saturated carbocycles. The molecule has 0 aliphatic carbocycles. The first kappa shape index (κ1) is 12.8. The highest BCUT2D eigenvalue weighted by atomic mass is 35.5. The van der Waals surface area contributed by atoms with Gasteiger partial charge in [0.1, 0.15) is 5.82 Å². The van der Waals surface area contributed by atoms with Crippen LogP contribution in [0.3, 0.4) is 0 Å². The first-order valence-corrected chi connectivity index (χ1v) is 5.62. The summed E-state index contributed by atoms with van der Waals surface area (Å²) in [4.78, 5) is 14.1. The molecule has 2 aromatic rings. The second-order valence-electron chi connectivity index (χ2n) is 4.14. The van der Waals surface area contributed by atoms with Gasteiger partial charge in [-0.1, -0.05) is 6.07 Å². The molecule has 2 aromatic heterocycles. The Bertz CT molecular complexity index is 605. The van der Waals surface area contributed by atoms with E-state index in [1.165, 1.54) is 6.07 Å². The molecule has 2 N–H and O–H groups in total. The first-order chi connectivity index (χ1) is 8.25. The maximum atomic E-state index is 11.3. The SMILES string of the molecule is CC1NCCn2c(-c3cccc(=O)[nH]3)nnc21.Cl. The van der Waals surface area contributed by atoms with Crippen LogP contribution in [0.25, 0.3) is 11.5 Å². The van der Waals surface area contributed by atoms with Gasteiger partial charge in [-0.05, 0) is 13.0 Å². The summed E-state index contributed by atoms with van der Waals surface area (Å²) < 4.78 is 2.05. The fourth-order valence-corrected chi connectivity index (χ4v) is 2.12. The molecule has 0 radical (unpaired) electrons. The fraction of sp³-hybridized carbons (Fsp3) is 0.364. The number of rotatable bonds is 1. The summed E-state index contributed by atoms with van der Waals surface area (Å²) in [7, 11) is 0. The van der Waals surface area contributed by atoms with E-state index in [1.54, 1.807) is 6.07 Å². The third-order valence-electron chi connectivity index (χ3n) is 2.96. The molecule has 0 bridgehead atoms. The maximum absolute atomic E-state index is 11.3. The lowest BCUT2D eigenvalue weighted by Crippen LogP contribution is -2.32. The van der Waals surface area contributed by atoms with Crippen LogP contribution in [0.5, 0.6) is 0 Å². The van der Waals surface area contributed by atoms with Crippen LogP contribution in [0.4, 0.5) is 0 Å². The standard InChI is InChI=1S/C11H13N5O.ClH/c1-7-10-14-15-11(16(10)6-5-12-7)8-3-2-4-9(17)13-8;/h2-4,7,12H,5-6H2,1H3,(H,13,17);1H. The van der Waals surface area contributed by atoms with Crippen LogP contribution in [0, 0.1) is 0 Å². The number of hydrogen-bond donors (Lipinski definition) is 2. The van der Waals surface area contributed by atoms with Gasteiger partial charge in [-0.25, -0.2) is 0 Å². The topological polar surface area (TPSA) is 75.6 Å². The van der Waals surface area contributed by atoms with Crippen LogP contribution in [0.1, 0.15) is 18.8 Å². The smallest absolute Gasteiger partial charge is 0.248 e. The van der Waals surface area contributed by atoms with Crippen molar-refractivity contribution in [3.63, 3.8) is 0 Å². The maximum Gasteiger partial charge on any atom is 0.248 e. The van der Waals surface area contributed by atoms with Crippen molar-refractivity contribution in [2.75, 3.05) is 6.54 Å². The van der Waals surface area contributed by atoms with Gasteiger partial charge in [0.2, 0.25) is 5.56 Å². The van der Waals surface area contributed by atoms with E-state index in [0.29, 0.717) is 5.69 Å². The van der Waals surface area contributed by atoms with E-state index in [9.17, 15) is 4.79 Å². The minimum atomic E-state index is -0.123. The molecule has 0 saturated heterocycles. The van der Waals surface area contributed by atoms with Gasteiger partial charge in [-0.15, -0.1) is 22.6 Å².